The predicted molar refractivity (Wildman–Crippen MR) is 78.8 cm³/mol. The van der Waals surface area contributed by atoms with Crippen LogP contribution in [0.4, 0.5) is 5.69 Å². The van der Waals surface area contributed by atoms with E-state index in [2.05, 4.69) is 5.32 Å². The fourth-order valence-corrected chi connectivity index (χ4v) is 1.94. The van der Waals surface area contributed by atoms with E-state index in [1.807, 2.05) is 38.1 Å². The molecule has 1 amide bonds. The summed E-state index contributed by atoms with van der Waals surface area (Å²) in [5.74, 6) is -1.11. The molecule has 110 valence electrons. The Bertz CT molecular complexity index is 474. The SMILES string of the molecule is CCCN(CC(=O)Nc1ccccc1C)C(C)C(=O)O. The van der Waals surface area contributed by atoms with Crippen LogP contribution in [0.25, 0.3) is 0 Å². The number of carbonyl (C=O) groups excluding carboxylic acids is 1. The highest BCUT2D eigenvalue weighted by molar-refractivity contribution is 5.93. The molecular formula is C15H22N2O3. The molecule has 1 atom stereocenters. The zero-order valence-electron chi connectivity index (χ0n) is 12.2. The van der Waals surface area contributed by atoms with Crippen molar-refractivity contribution in [2.24, 2.45) is 0 Å². The van der Waals surface area contributed by atoms with Crippen LogP contribution in [0.2, 0.25) is 0 Å². The Balaban J connectivity index is 2.67. The Morgan fingerprint density at radius 1 is 1.35 bits per heavy atom. The number of aliphatic carboxylic acids is 1. The minimum Gasteiger partial charge on any atom is -0.480 e. The fraction of sp³-hybridized carbons (Fsp3) is 0.467. The maximum Gasteiger partial charge on any atom is 0.320 e. The van der Waals surface area contributed by atoms with Gasteiger partial charge < -0.3 is 10.4 Å². The molecule has 20 heavy (non-hydrogen) atoms. The summed E-state index contributed by atoms with van der Waals surface area (Å²) in [6, 6.07) is 6.84. The number of hydrogen-bond acceptors (Lipinski definition) is 3. The van der Waals surface area contributed by atoms with Gasteiger partial charge in [0.25, 0.3) is 0 Å². The van der Waals surface area contributed by atoms with Crippen molar-refractivity contribution in [3.8, 4) is 0 Å². The molecule has 0 aliphatic heterocycles. The second-order valence-electron chi connectivity index (χ2n) is 4.85. The van der Waals surface area contributed by atoms with E-state index in [9.17, 15) is 9.59 Å². The molecule has 1 rings (SSSR count). The second kappa shape index (κ2) is 7.65. The zero-order chi connectivity index (χ0) is 15.1. The molecule has 0 fully saturated rings. The summed E-state index contributed by atoms with van der Waals surface area (Å²) in [5, 5.41) is 11.9. The van der Waals surface area contributed by atoms with Gasteiger partial charge in [0.05, 0.1) is 6.54 Å². The molecule has 5 nitrogen and oxygen atoms in total. The van der Waals surface area contributed by atoms with Crippen LogP contribution in [-0.4, -0.2) is 41.0 Å². The van der Waals surface area contributed by atoms with Crippen molar-refractivity contribution in [1.82, 2.24) is 4.90 Å². The molecule has 1 aromatic rings. The van der Waals surface area contributed by atoms with Crippen molar-refractivity contribution in [3.05, 3.63) is 29.8 Å². The summed E-state index contributed by atoms with van der Waals surface area (Å²) in [7, 11) is 0. The molecule has 1 aromatic carbocycles. The van der Waals surface area contributed by atoms with Crippen LogP contribution in [0.5, 0.6) is 0 Å². The monoisotopic (exact) mass is 278 g/mol. The fourth-order valence-electron chi connectivity index (χ4n) is 1.94. The average molecular weight is 278 g/mol. The largest absolute Gasteiger partial charge is 0.480 e. The molecule has 0 saturated heterocycles. The molecule has 0 spiro atoms. The number of anilines is 1. The van der Waals surface area contributed by atoms with Crippen LogP contribution >= 0.6 is 0 Å². The van der Waals surface area contributed by atoms with Crippen molar-refractivity contribution >= 4 is 17.6 Å². The van der Waals surface area contributed by atoms with Crippen molar-refractivity contribution in [2.45, 2.75) is 33.2 Å². The van der Waals surface area contributed by atoms with Crippen molar-refractivity contribution in [2.75, 3.05) is 18.4 Å². The number of rotatable bonds is 7. The van der Waals surface area contributed by atoms with Crippen LogP contribution in [0.3, 0.4) is 0 Å². The number of carboxylic acid groups (broad SMARTS) is 1. The molecule has 0 aliphatic carbocycles. The quantitative estimate of drug-likeness (QED) is 0.801. The zero-order valence-corrected chi connectivity index (χ0v) is 12.2. The summed E-state index contributed by atoms with van der Waals surface area (Å²) in [6.45, 7) is 6.13. The van der Waals surface area contributed by atoms with E-state index >= 15 is 0 Å². The molecule has 0 saturated carbocycles. The number of carboxylic acids is 1. The van der Waals surface area contributed by atoms with E-state index in [4.69, 9.17) is 5.11 Å². The Labute approximate surface area is 119 Å². The van der Waals surface area contributed by atoms with Crippen LogP contribution < -0.4 is 5.32 Å². The van der Waals surface area contributed by atoms with Gasteiger partial charge in [0.15, 0.2) is 0 Å². The first kappa shape index (κ1) is 16.2. The number of nitrogens with one attached hydrogen (secondary N) is 1. The molecule has 0 aliphatic rings. The lowest BCUT2D eigenvalue weighted by atomic mass is 10.2. The van der Waals surface area contributed by atoms with Gasteiger partial charge in [0, 0.05) is 5.69 Å². The Kier molecular flexibility index (Phi) is 6.18. The van der Waals surface area contributed by atoms with Crippen molar-refractivity contribution < 1.29 is 14.7 Å². The van der Waals surface area contributed by atoms with Gasteiger partial charge in [-0.2, -0.15) is 0 Å². The van der Waals surface area contributed by atoms with Gasteiger partial charge in [-0.25, -0.2) is 0 Å². The Hall–Kier alpha value is -1.88. The van der Waals surface area contributed by atoms with Gasteiger partial charge in [-0.1, -0.05) is 25.1 Å². The predicted octanol–water partition coefficient (Wildman–Crippen LogP) is 2.12. The van der Waals surface area contributed by atoms with Gasteiger partial charge in [-0.05, 0) is 38.4 Å². The summed E-state index contributed by atoms with van der Waals surface area (Å²) in [5.41, 5.74) is 1.74. The van der Waals surface area contributed by atoms with E-state index in [1.54, 1.807) is 11.8 Å². The summed E-state index contributed by atoms with van der Waals surface area (Å²) < 4.78 is 0. The molecule has 1 unspecified atom stereocenters. The highest BCUT2D eigenvalue weighted by Gasteiger charge is 2.22. The normalized spacial score (nSPS) is 12.2. The lowest BCUT2D eigenvalue weighted by Crippen LogP contribution is -2.43. The minimum absolute atomic E-state index is 0.0790. The molecule has 0 aromatic heterocycles. The number of para-hydroxylation sites is 1. The average Bonchev–Trinajstić information content (AvgIpc) is 2.40. The van der Waals surface area contributed by atoms with E-state index in [0.29, 0.717) is 6.54 Å². The summed E-state index contributed by atoms with van der Waals surface area (Å²) in [6.07, 6.45) is 0.801. The van der Waals surface area contributed by atoms with Gasteiger partial charge >= 0.3 is 5.97 Å². The van der Waals surface area contributed by atoms with E-state index in [1.165, 1.54) is 0 Å². The van der Waals surface area contributed by atoms with Gasteiger partial charge in [-0.15, -0.1) is 0 Å². The molecule has 0 bridgehead atoms. The number of aryl methyl sites for hydroxylation is 1. The molecule has 2 N–H and O–H groups in total. The van der Waals surface area contributed by atoms with Crippen molar-refractivity contribution in [1.29, 1.82) is 0 Å². The maximum absolute atomic E-state index is 12.0. The molecule has 0 heterocycles. The lowest BCUT2D eigenvalue weighted by Gasteiger charge is -2.25. The summed E-state index contributed by atoms with van der Waals surface area (Å²) in [4.78, 5) is 24.7. The molecule has 5 heteroatoms. The Morgan fingerprint density at radius 3 is 2.55 bits per heavy atom. The number of hydrogen-bond donors (Lipinski definition) is 2. The molecule has 0 radical (unpaired) electrons. The van der Waals surface area contributed by atoms with Crippen LogP contribution in [0.15, 0.2) is 24.3 Å². The third-order valence-electron chi connectivity index (χ3n) is 3.18. The van der Waals surface area contributed by atoms with E-state index in [0.717, 1.165) is 17.7 Å². The summed E-state index contributed by atoms with van der Waals surface area (Å²) >= 11 is 0. The number of carbonyl (C=O) groups is 2. The number of amides is 1. The van der Waals surface area contributed by atoms with E-state index in [-0.39, 0.29) is 12.5 Å². The highest BCUT2D eigenvalue weighted by Crippen LogP contribution is 2.13. The second-order valence-corrected chi connectivity index (χ2v) is 4.85. The lowest BCUT2D eigenvalue weighted by molar-refractivity contribution is -0.143. The van der Waals surface area contributed by atoms with Gasteiger partial charge in [0.2, 0.25) is 5.91 Å². The van der Waals surface area contributed by atoms with Gasteiger partial charge in [-0.3, -0.25) is 14.5 Å². The third-order valence-corrected chi connectivity index (χ3v) is 3.18. The smallest absolute Gasteiger partial charge is 0.320 e. The Morgan fingerprint density at radius 2 is 2.00 bits per heavy atom. The van der Waals surface area contributed by atoms with Crippen LogP contribution in [-0.2, 0) is 9.59 Å². The maximum atomic E-state index is 12.0. The standard InChI is InChI=1S/C15H22N2O3/c1-4-9-17(12(3)15(19)20)10-14(18)16-13-8-6-5-7-11(13)2/h5-8,12H,4,9-10H2,1-3H3,(H,16,18)(H,19,20). The number of nitrogens with zero attached hydrogens (tertiary/aromatic N) is 1. The molecular weight excluding hydrogens is 256 g/mol. The van der Waals surface area contributed by atoms with Crippen molar-refractivity contribution in [3.63, 3.8) is 0 Å². The number of benzene rings is 1. The topological polar surface area (TPSA) is 69.6 Å². The van der Waals surface area contributed by atoms with Crippen LogP contribution in [0, 0.1) is 6.92 Å². The first-order valence-electron chi connectivity index (χ1n) is 6.78. The van der Waals surface area contributed by atoms with Gasteiger partial charge in [0.1, 0.15) is 6.04 Å². The van der Waals surface area contributed by atoms with Crippen LogP contribution in [0.1, 0.15) is 25.8 Å². The first-order valence-corrected chi connectivity index (χ1v) is 6.78. The highest BCUT2D eigenvalue weighted by atomic mass is 16.4. The first-order chi connectivity index (χ1) is 9.45. The van der Waals surface area contributed by atoms with E-state index < -0.39 is 12.0 Å². The minimum atomic E-state index is -0.915. The third kappa shape index (κ3) is 4.66.